The van der Waals surface area contributed by atoms with Crippen molar-refractivity contribution in [2.24, 2.45) is 0 Å². The SMILES string of the molecule is CSc1ccc(Cl)c(C(=O)NCCCn2cc(C)cn2)c1. The molecule has 2 rings (SSSR count). The Kier molecular flexibility index (Phi) is 5.70. The lowest BCUT2D eigenvalue weighted by atomic mass is 10.2. The molecule has 6 heteroatoms. The molecule has 1 heterocycles. The molecular weight excluding hydrogens is 306 g/mol. The molecule has 0 atom stereocenters. The van der Waals surface area contributed by atoms with E-state index in [4.69, 9.17) is 11.6 Å². The summed E-state index contributed by atoms with van der Waals surface area (Å²) in [6.07, 6.45) is 6.61. The van der Waals surface area contributed by atoms with E-state index in [1.165, 1.54) is 0 Å². The molecule has 0 aliphatic rings. The van der Waals surface area contributed by atoms with Gasteiger partial charge in [0, 0.05) is 24.2 Å². The lowest BCUT2D eigenvalue weighted by Gasteiger charge is -2.08. The number of thioether (sulfide) groups is 1. The van der Waals surface area contributed by atoms with E-state index in [1.54, 1.807) is 17.8 Å². The molecule has 1 N–H and O–H groups in total. The second kappa shape index (κ2) is 7.52. The number of amides is 1. The van der Waals surface area contributed by atoms with Gasteiger partial charge in [0.1, 0.15) is 0 Å². The van der Waals surface area contributed by atoms with Crippen LogP contribution in [-0.2, 0) is 6.54 Å². The first-order chi connectivity index (χ1) is 10.1. The minimum absolute atomic E-state index is 0.132. The van der Waals surface area contributed by atoms with Crippen LogP contribution in [0.3, 0.4) is 0 Å². The predicted octanol–water partition coefficient (Wildman–Crippen LogP) is 3.39. The quantitative estimate of drug-likeness (QED) is 0.655. The number of benzene rings is 1. The molecule has 0 saturated carbocycles. The van der Waals surface area contributed by atoms with Gasteiger partial charge in [0.05, 0.1) is 16.8 Å². The lowest BCUT2D eigenvalue weighted by Crippen LogP contribution is -2.25. The molecule has 0 aliphatic carbocycles. The van der Waals surface area contributed by atoms with E-state index in [1.807, 2.05) is 42.4 Å². The zero-order chi connectivity index (χ0) is 15.2. The Morgan fingerprint density at radius 3 is 2.95 bits per heavy atom. The van der Waals surface area contributed by atoms with Crippen molar-refractivity contribution >= 4 is 29.3 Å². The third-order valence-corrected chi connectivity index (χ3v) is 4.08. The number of nitrogens with one attached hydrogen (secondary N) is 1. The van der Waals surface area contributed by atoms with Crippen molar-refractivity contribution in [3.8, 4) is 0 Å². The molecular formula is C15H18ClN3OS. The number of hydrogen-bond donors (Lipinski definition) is 1. The normalized spacial score (nSPS) is 10.6. The summed E-state index contributed by atoms with van der Waals surface area (Å²) in [6, 6.07) is 5.48. The van der Waals surface area contributed by atoms with Crippen LogP contribution in [-0.4, -0.2) is 28.5 Å². The van der Waals surface area contributed by atoms with Gasteiger partial charge in [-0.3, -0.25) is 9.48 Å². The van der Waals surface area contributed by atoms with E-state index in [-0.39, 0.29) is 5.91 Å². The van der Waals surface area contributed by atoms with Crippen LogP contribution in [0, 0.1) is 6.92 Å². The van der Waals surface area contributed by atoms with Gasteiger partial charge < -0.3 is 5.32 Å². The van der Waals surface area contributed by atoms with Gasteiger partial charge in [0.15, 0.2) is 0 Å². The summed E-state index contributed by atoms with van der Waals surface area (Å²) in [4.78, 5) is 13.1. The first-order valence-corrected chi connectivity index (χ1v) is 8.31. The Labute approximate surface area is 133 Å². The van der Waals surface area contributed by atoms with E-state index in [0.29, 0.717) is 17.1 Å². The van der Waals surface area contributed by atoms with E-state index in [9.17, 15) is 4.79 Å². The van der Waals surface area contributed by atoms with Crippen molar-refractivity contribution < 1.29 is 4.79 Å². The summed E-state index contributed by atoms with van der Waals surface area (Å²) < 4.78 is 1.88. The van der Waals surface area contributed by atoms with Gasteiger partial charge in [-0.25, -0.2) is 0 Å². The van der Waals surface area contributed by atoms with Crippen molar-refractivity contribution in [2.75, 3.05) is 12.8 Å². The highest BCUT2D eigenvalue weighted by atomic mass is 35.5. The van der Waals surface area contributed by atoms with Crippen molar-refractivity contribution in [1.29, 1.82) is 0 Å². The molecule has 0 fully saturated rings. The molecule has 0 bridgehead atoms. The van der Waals surface area contributed by atoms with Crippen molar-refractivity contribution in [1.82, 2.24) is 15.1 Å². The summed E-state index contributed by atoms with van der Waals surface area (Å²) in [5.74, 6) is -0.132. The summed E-state index contributed by atoms with van der Waals surface area (Å²) in [5, 5.41) is 7.58. The molecule has 1 aromatic heterocycles. The number of hydrogen-bond acceptors (Lipinski definition) is 3. The van der Waals surface area contributed by atoms with Crippen LogP contribution in [0.5, 0.6) is 0 Å². The van der Waals surface area contributed by atoms with Crippen LogP contribution in [0.1, 0.15) is 22.3 Å². The highest BCUT2D eigenvalue weighted by molar-refractivity contribution is 7.98. The van der Waals surface area contributed by atoms with E-state index < -0.39 is 0 Å². The maximum atomic E-state index is 12.1. The zero-order valence-electron chi connectivity index (χ0n) is 12.1. The Hall–Kier alpha value is -1.46. The molecule has 21 heavy (non-hydrogen) atoms. The third kappa shape index (κ3) is 4.51. The highest BCUT2D eigenvalue weighted by Crippen LogP contribution is 2.22. The van der Waals surface area contributed by atoms with E-state index >= 15 is 0 Å². The van der Waals surface area contributed by atoms with E-state index in [2.05, 4.69) is 10.4 Å². The van der Waals surface area contributed by atoms with Gasteiger partial charge in [-0.15, -0.1) is 11.8 Å². The number of nitrogens with zero attached hydrogens (tertiary/aromatic N) is 2. The third-order valence-electron chi connectivity index (χ3n) is 3.03. The Morgan fingerprint density at radius 1 is 1.48 bits per heavy atom. The fraction of sp³-hybridized carbons (Fsp3) is 0.333. The monoisotopic (exact) mass is 323 g/mol. The minimum atomic E-state index is -0.132. The van der Waals surface area contributed by atoms with Gasteiger partial charge in [-0.1, -0.05) is 11.6 Å². The van der Waals surface area contributed by atoms with Crippen LogP contribution in [0.25, 0.3) is 0 Å². The fourth-order valence-corrected chi connectivity index (χ4v) is 2.58. The van der Waals surface area contributed by atoms with Crippen LogP contribution in [0.15, 0.2) is 35.5 Å². The van der Waals surface area contributed by atoms with Crippen LogP contribution < -0.4 is 5.32 Å². The molecule has 0 spiro atoms. The summed E-state index contributed by atoms with van der Waals surface area (Å²) in [7, 11) is 0. The second-order valence-corrected chi connectivity index (χ2v) is 6.02. The van der Waals surface area contributed by atoms with Gasteiger partial charge in [0.2, 0.25) is 0 Å². The number of aromatic nitrogens is 2. The maximum Gasteiger partial charge on any atom is 0.252 e. The summed E-state index contributed by atoms with van der Waals surface area (Å²) in [5.41, 5.74) is 1.66. The van der Waals surface area contributed by atoms with Gasteiger partial charge in [-0.2, -0.15) is 5.10 Å². The zero-order valence-corrected chi connectivity index (χ0v) is 13.7. The topological polar surface area (TPSA) is 46.9 Å². The lowest BCUT2D eigenvalue weighted by molar-refractivity contribution is 0.0952. The number of carbonyl (C=O) groups excluding carboxylic acids is 1. The van der Waals surface area contributed by atoms with Crippen molar-refractivity contribution in [3.05, 3.63) is 46.7 Å². The Bertz CT molecular complexity index is 627. The molecule has 112 valence electrons. The van der Waals surface area contributed by atoms with Gasteiger partial charge in [0.25, 0.3) is 5.91 Å². The highest BCUT2D eigenvalue weighted by Gasteiger charge is 2.10. The van der Waals surface area contributed by atoms with Crippen molar-refractivity contribution in [3.63, 3.8) is 0 Å². The number of carbonyl (C=O) groups is 1. The van der Waals surface area contributed by atoms with Crippen molar-refractivity contribution in [2.45, 2.75) is 24.8 Å². The fourth-order valence-electron chi connectivity index (χ4n) is 1.93. The van der Waals surface area contributed by atoms with Crippen LogP contribution >= 0.6 is 23.4 Å². The van der Waals surface area contributed by atoms with Gasteiger partial charge >= 0.3 is 0 Å². The Morgan fingerprint density at radius 2 is 2.29 bits per heavy atom. The average Bonchev–Trinajstić information content (AvgIpc) is 2.89. The van der Waals surface area contributed by atoms with Crippen LogP contribution in [0.2, 0.25) is 5.02 Å². The molecule has 4 nitrogen and oxygen atoms in total. The maximum absolute atomic E-state index is 12.1. The number of rotatable bonds is 6. The molecule has 0 aliphatic heterocycles. The standard InChI is InChI=1S/C15H18ClN3OS/c1-11-9-18-19(10-11)7-3-6-17-15(20)13-8-12(21-2)4-5-14(13)16/h4-5,8-10H,3,6-7H2,1-2H3,(H,17,20). The van der Waals surface area contributed by atoms with Gasteiger partial charge in [-0.05, 0) is 43.4 Å². The average molecular weight is 324 g/mol. The number of halogens is 1. The predicted molar refractivity (Wildman–Crippen MR) is 87.1 cm³/mol. The molecule has 0 unspecified atom stereocenters. The molecule has 0 saturated heterocycles. The molecule has 1 aromatic carbocycles. The summed E-state index contributed by atoms with van der Waals surface area (Å²) >= 11 is 7.66. The largest absolute Gasteiger partial charge is 0.352 e. The van der Waals surface area contributed by atoms with E-state index in [0.717, 1.165) is 23.4 Å². The first kappa shape index (κ1) is 15.9. The Balaban J connectivity index is 1.84. The number of aryl methyl sites for hydroxylation is 2. The summed E-state index contributed by atoms with van der Waals surface area (Å²) in [6.45, 7) is 3.39. The smallest absolute Gasteiger partial charge is 0.252 e. The second-order valence-electron chi connectivity index (χ2n) is 4.74. The first-order valence-electron chi connectivity index (χ1n) is 6.71. The molecule has 2 aromatic rings. The minimum Gasteiger partial charge on any atom is -0.352 e. The molecule has 1 amide bonds. The molecule has 0 radical (unpaired) electrons. The van der Waals surface area contributed by atoms with Crippen LogP contribution in [0.4, 0.5) is 0 Å².